The number of hydrogen-bond donors (Lipinski definition) is 2. The Morgan fingerprint density at radius 3 is 2.76 bits per heavy atom. The molecule has 2 fully saturated rings. The zero-order valence-corrected chi connectivity index (χ0v) is 13.5. The fourth-order valence-corrected chi connectivity index (χ4v) is 5.05. The number of likely N-dealkylation sites (N-methyl/N-ethyl adjacent to an activating group) is 1. The summed E-state index contributed by atoms with van der Waals surface area (Å²) in [6, 6.07) is 0. The van der Waals surface area contributed by atoms with Crippen molar-refractivity contribution in [2.45, 2.75) is 37.6 Å². The molecule has 122 valence electrons. The first-order chi connectivity index (χ1) is 9.89. The first-order valence-corrected chi connectivity index (χ1v) is 9.57. The molecule has 7 heteroatoms. The molecule has 0 aromatic rings. The normalized spacial score (nSPS) is 33.7. The van der Waals surface area contributed by atoms with E-state index in [9.17, 15) is 18.3 Å². The molecule has 1 aliphatic heterocycles. The molecule has 2 aliphatic rings. The Balaban J connectivity index is 1.92. The maximum Gasteiger partial charge on any atom is 0.324 e. The summed E-state index contributed by atoms with van der Waals surface area (Å²) in [6.07, 6.45) is 4.04. The Morgan fingerprint density at radius 1 is 1.33 bits per heavy atom. The SMILES string of the molecule is CNC1(C(=O)O)CCCC1CCN1CCCS(=O)(=O)CC1. The Hall–Kier alpha value is -0.660. The highest BCUT2D eigenvalue weighted by Crippen LogP contribution is 2.38. The van der Waals surface area contributed by atoms with Gasteiger partial charge in [-0.1, -0.05) is 6.42 Å². The van der Waals surface area contributed by atoms with Gasteiger partial charge in [-0.25, -0.2) is 8.42 Å². The number of aliphatic carboxylic acids is 1. The van der Waals surface area contributed by atoms with Crippen LogP contribution in [0.25, 0.3) is 0 Å². The van der Waals surface area contributed by atoms with Crippen LogP contribution in [0.5, 0.6) is 0 Å². The van der Waals surface area contributed by atoms with Gasteiger partial charge < -0.3 is 15.3 Å². The summed E-state index contributed by atoms with van der Waals surface area (Å²) in [7, 11) is -1.15. The summed E-state index contributed by atoms with van der Waals surface area (Å²) in [6.45, 7) is 2.16. The minimum atomic E-state index is -2.88. The van der Waals surface area contributed by atoms with Crippen molar-refractivity contribution in [2.75, 3.05) is 38.2 Å². The lowest BCUT2D eigenvalue weighted by Gasteiger charge is -2.32. The van der Waals surface area contributed by atoms with E-state index in [2.05, 4.69) is 10.2 Å². The van der Waals surface area contributed by atoms with Crippen molar-refractivity contribution in [1.29, 1.82) is 0 Å². The molecular weight excluding hydrogens is 292 g/mol. The van der Waals surface area contributed by atoms with Crippen LogP contribution in [0.2, 0.25) is 0 Å². The van der Waals surface area contributed by atoms with E-state index in [1.807, 2.05) is 0 Å². The minimum Gasteiger partial charge on any atom is -0.480 e. The van der Waals surface area contributed by atoms with Gasteiger partial charge in [0.1, 0.15) is 5.54 Å². The van der Waals surface area contributed by atoms with Crippen molar-refractivity contribution >= 4 is 15.8 Å². The average Bonchev–Trinajstić information content (AvgIpc) is 2.77. The van der Waals surface area contributed by atoms with Crippen LogP contribution in [0, 0.1) is 5.92 Å². The van der Waals surface area contributed by atoms with Gasteiger partial charge in [-0.05, 0) is 51.7 Å². The molecule has 0 radical (unpaired) electrons. The van der Waals surface area contributed by atoms with Crippen LogP contribution in [0.4, 0.5) is 0 Å². The number of carboxylic acids is 1. The molecule has 1 saturated carbocycles. The zero-order valence-electron chi connectivity index (χ0n) is 12.7. The molecule has 0 amide bonds. The van der Waals surface area contributed by atoms with Gasteiger partial charge in [0.05, 0.1) is 11.5 Å². The molecule has 2 unspecified atom stereocenters. The lowest BCUT2D eigenvalue weighted by molar-refractivity contribution is -0.146. The summed E-state index contributed by atoms with van der Waals surface area (Å²) in [5, 5.41) is 12.6. The minimum absolute atomic E-state index is 0.125. The van der Waals surface area contributed by atoms with E-state index in [-0.39, 0.29) is 17.4 Å². The van der Waals surface area contributed by atoms with Gasteiger partial charge in [-0.3, -0.25) is 4.79 Å². The van der Waals surface area contributed by atoms with Gasteiger partial charge in [0.25, 0.3) is 0 Å². The highest BCUT2D eigenvalue weighted by atomic mass is 32.2. The fourth-order valence-electron chi connectivity index (χ4n) is 3.74. The van der Waals surface area contributed by atoms with Crippen molar-refractivity contribution in [3.63, 3.8) is 0 Å². The molecule has 2 rings (SSSR count). The second-order valence-electron chi connectivity index (χ2n) is 6.25. The molecule has 21 heavy (non-hydrogen) atoms. The van der Waals surface area contributed by atoms with E-state index < -0.39 is 21.3 Å². The molecule has 1 aliphatic carbocycles. The Labute approximate surface area is 126 Å². The first-order valence-electron chi connectivity index (χ1n) is 7.75. The monoisotopic (exact) mass is 318 g/mol. The predicted octanol–water partition coefficient (Wildman–Crippen LogP) is 0.340. The number of sulfone groups is 1. The van der Waals surface area contributed by atoms with E-state index in [0.717, 1.165) is 32.4 Å². The van der Waals surface area contributed by atoms with Crippen molar-refractivity contribution in [3.05, 3.63) is 0 Å². The smallest absolute Gasteiger partial charge is 0.324 e. The molecule has 2 atom stereocenters. The van der Waals surface area contributed by atoms with Gasteiger partial charge >= 0.3 is 5.97 Å². The molecule has 2 N–H and O–H groups in total. The van der Waals surface area contributed by atoms with Crippen LogP contribution >= 0.6 is 0 Å². The third kappa shape index (κ3) is 3.76. The summed E-state index contributed by atoms with van der Waals surface area (Å²) >= 11 is 0. The molecule has 6 nitrogen and oxygen atoms in total. The molecular formula is C14H26N2O4S. The summed E-state index contributed by atoms with van der Waals surface area (Å²) < 4.78 is 23.2. The first kappa shape index (κ1) is 16.7. The molecule has 0 bridgehead atoms. The van der Waals surface area contributed by atoms with Crippen LogP contribution in [-0.4, -0.2) is 68.1 Å². The Kier molecular flexibility index (Phi) is 5.27. The van der Waals surface area contributed by atoms with Crippen molar-refractivity contribution in [1.82, 2.24) is 10.2 Å². The summed E-state index contributed by atoms with van der Waals surface area (Å²) in [4.78, 5) is 13.8. The van der Waals surface area contributed by atoms with Gasteiger partial charge in [0, 0.05) is 6.54 Å². The summed E-state index contributed by atoms with van der Waals surface area (Å²) in [5.74, 6) is -0.123. The fraction of sp³-hybridized carbons (Fsp3) is 0.929. The standard InChI is InChI=1S/C14H26N2O4S/c1-15-14(13(17)18)6-2-4-12(14)5-8-16-7-3-10-21(19,20)11-9-16/h12,15H,2-11H2,1H3,(H,17,18). The van der Waals surface area contributed by atoms with Crippen LogP contribution in [-0.2, 0) is 14.6 Å². The van der Waals surface area contributed by atoms with Crippen molar-refractivity contribution < 1.29 is 18.3 Å². The van der Waals surface area contributed by atoms with E-state index in [4.69, 9.17) is 0 Å². The van der Waals surface area contributed by atoms with Crippen molar-refractivity contribution in [2.24, 2.45) is 5.92 Å². The molecule has 1 saturated heterocycles. The van der Waals surface area contributed by atoms with Gasteiger partial charge in [-0.2, -0.15) is 0 Å². The largest absolute Gasteiger partial charge is 0.480 e. The second-order valence-corrected chi connectivity index (χ2v) is 8.55. The van der Waals surface area contributed by atoms with Gasteiger partial charge in [0.2, 0.25) is 0 Å². The van der Waals surface area contributed by atoms with E-state index in [1.54, 1.807) is 7.05 Å². The van der Waals surface area contributed by atoms with Crippen LogP contribution < -0.4 is 5.32 Å². The number of hydrogen-bond acceptors (Lipinski definition) is 5. The number of rotatable bonds is 5. The van der Waals surface area contributed by atoms with E-state index >= 15 is 0 Å². The Bertz CT molecular complexity index is 479. The third-order valence-corrected chi connectivity index (χ3v) is 6.81. The predicted molar refractivity (Wildman–Crippen MR) is 81.1 cm³/mol. The quantitative estimate of drug-likeness (QED) is 0.760. The third-order valence-electron chi connectivity index (χ3n) is 5.09. The molecule has 0 spiro atoms. The summed E-state index contributed by atoms with van der Waals surface area (Å²) in [5.41, 5.74) is -0.794. The van der Waals surface area contributed by atoms with Crippen LogP contribution in [0.3, 0.4) is 0 Å². The maximum absolute atomic E-state index is 11.6. The lowest BCUT2D eigenvalue weighted by Crippen LogP contribution is -2.53. The van der Waals surface area contributed by atoms with E-state index in [1.165, 1.54) is 0 Å². The number of carboxylic acid groups (broad SMARTS) is 1. The number of nitrogens with one attached hydrogen (secondary N) is 1. The maximum atomic E-state index is 11.6. The van der Waals surface area contributed by atoms with Gasteiger partial charge in [-0.15, -0.1) is 0 Å². The number of nitrogens with zero attached hydrogens (tertiary/aromatic N) is 1. The van der Waals surface area contributed by atoms with Crippen molar-refractivity contribution in [3.8, 4) is 0 Å². The highest BCUT2D eigenvalue weighted by molar-refractivity contribution is 7.91. The molecule has 0 aromatic heterocycles. The van der Waals surface area contributed by atoms with Crippen LogP contribution in [0.1, 0.15) is 32.1 Å². The number of carbonyl (C=O) groups is 1. The van der Waals surface area contributed by atoms with E-state index in [0.29, 0.717) is 19.4 Å². The lowest BCUT2D eigenvalue weighted by atomic mass is 9.84. The highest BCUT2D eigenvalue weighted by Gasteiger charge is 2.47. The molecule has 1 heterocycles. The zero-order chi connectivity index (χ0) is 15.5. The van der Waals surface area contributed by atoms with Crippen LogP contribution in [0.15, 0.2) is 0 Å². The van der Waals surface area contributed by atoms with Gasteiger partial charge in [0.15, 0.2) is 9.84 Å². The average molecular weight is 318 g/mol. The Morgan fingerprint density at radius 2 is 2.10 bits per heavy atom. The molecule has 0 aromatic carbocycles. The topological polar surface area (TPSA) is 86.7 Å². The second kappa shape index (κ2) is 6.62.